The highest BCUT2D eigenvalue weighted by Gasteiger charge is 2.43. The van der Waals surface area contributed by atoms with Crippen molar-refractivity contribution in [1.29, 1.82) is 10.8 Å². The lowest BCUT2D eigenvalue weighted by molar-refractivity contribution is -0.122. The number of amides is 1. The normalized spacial score (nSPS) is 21.4. The fourth-order valence-corrected chi connectivity index (χ4v) is 5.37. The summed E-state index contributed by atoms with van der Waals surface area (Å²) < 4.78 is 29.8. The molecule has 1 saturated carbocycles. The lowest BCUT2D eigenvalue weighted by Crippen LogP contribution is -2.49. The number of nitrogens with two attached hydrogens (primary N) is 1. The molecule has 34 heavy (non-hydrogen) atoms. The zero-order chi connectivity index (χ0) is 24.6. The van der Waals surface area contributed by atoms with Crippen LogP contribution in [-0.4, -0.2) is 53.5 Å². The van der Waals surface area contributed by atoms with E-state index in [9.17, 15) is 13.2 Å². The maximum absolute atomic E-state index is 12.4. The van der Waals surface area contributed by atoms with Crippen LogP contribution >= 0.6 is 0 Å². The van der Waals surface area contributed by atoms with Gasteiger partial charge >= 0.3 is 0 Å². The molecule has 1 aromatic heterocycles. The summed E-state index contributed by atoms with van der Waals surface area (Å²) in [7, 11) is -3.41. The zero-order valence-corrected chi connectivity index (χ0v) is 19.6. The van der Waals surface area contributed by atoms with Crippen molar-refractivity contribution in [3.8, 4) is 11.3 Å². The predicted molar refractivity (Wildman–Crippen MR) is 137 cm³/mol. The largest absolute Gasteiger partial charge is 0.405 e. The highest BCUT2D eigenvalue weighted by atomic mass is 32.2. The number of nitrogen functional groups attached to an aromatic ring is 1. The van der Waals surface area contributed by atoms with Crippen molar-refractivity contribution in [3.63, 3.8) is 0 Å². The summed E-state index contributed by atoms with van der Waals surface area (Å²) in [5, 5.41) is 21.2. The number of aromatic nitrogens is 2. The van der Waals surface area contributed by atoms with E-state index in [0.717, 1.165) is 19.3 Å². The minimum atomic E-state index is -3.41. The molecule has 4 rings (SSSR count). The number of fused-ring (bicyclic) bond motifs is 2. The van der Waals surface area contributed by atoms with Crippen LogP contribution in [0.25, 0.3) is 11.3 Å². The quantitative estimate of drug-likeness (QED) is 0.309. The molecule has 1 aliphatic carbocycles. The van der Waals surface area contributed by atoms with Gasteiger partial charge in [0.05, 0.1) is 28.1 Å². The molecule has 2 aliphatic rings. The van der Waals surface area contributed by atoms with Gasteiger partial charge < -0.3 is 15.8 Å². The van der Waals surface area contributed by atoms with Gasteiger partial charge in [-0.25, -0.2) is 18.4 Å². The second kappa shape index (κ2) is 9.11. The topological polar surface area (TPSA) is 184 Å². The van der Waals surface area contributed by atoms with Crippen LogP contribution < -0.4 is 16.4 Å². The van der Waals surface area contributed by atoms with E-state index in [1.54, 1.807) is 26.0 Å². The highest BCUT2D eigenvalue weighted by Crippen LogP contribution is 2.35. The van der Waals surface area contributed by atoms with Crippen molar-refractivity contribution in [3.05, 3.63) is 36.2 Å². The van der Waals surface area contributed by atoms with Crippen LogP contribution in [0.4, 0.5) is 5.82 Å². The number of anilines is 1. The molecule has 2 aromatic rings. The first-order valence-corrected chi connectivity index (χ1v) is 12.5. The van der Waals surface area contributed by atoms with Crippen molar-refractivity contribution in [1.82, 2.24) is 20.6 Å². The number of rotatable bonds is 5. The second-order valence-corrected chi connectivity index (χ2v) is 11.3. The SMILES string of the molecule is CC(C)S(=O)(=O)c1ccc(-c2cnc(N)c(C(=N)OC(=N)NC(=O)[C@H]3N[C@H]4CCC3C4)n2)cc1.[HH].[HH].[HH].[HH].[HH]. The van der Waals surface area contributed by atoms with Gasteiger partial charge in [-0.2, -0.15) is 0 Å². The van der Waals surface area contributed by atoms with Gasteiger partial charge in [0.2, 0.25) is 11.8 Å². The Morgan fingerprint density at radius 3 is 2.56 bits per heavy atom. The monoisotopic (exact) mass is 495 g/mol. The number of nitrogens with zero attached hydrogens (tertiary/aromatic N) is 2. The Hall–Kier alpha value is -3.38. The maximum Gasteiger partial charge on any atom is 0.295 e. The fourth-order valence-electron chi connectivity index (χ4n) is 4.31. The summed E-state index contributed by atoms with van der Waals surface area (Å²) in [5.41, 5.74) is 6.66. The van der Waals surface area contributed by atoms with Crippen molar-refractivity contribution in [2.45, 2.75) is 55.3 Å². The van der Waals surface area contributed by atoms with Crippen LogP contribution in [-0.2, 0) is 19.4 Å². The lowest BCUT2D eigenvalue weighted by Gasteiger charge is -2.22. The number of benzene rings is 1. The van der Waals surface area contributed by atoms with Crippen LogP contribution in [0.5, 0.6) is 0 Å². The van der Waals surface area contributed by atoms with Crippen molar-refractivity contribution >= 4 is 33.5 Å². The van der Waals surface area contributed by atoms with E-state index in [-0.39, 0.29) is 41.4 Å². The smallest absolute Gasteiger partial charge is 0.295 e. The number of carbonyl (C=O) groups is 1. The molecule has 6 N–H and O–H groups in total. The number of ether oxygens (including phenoxy) is 1. The van der Waals surface area contributed by atoms with Gasteiger partial charge in [-0.15, -0.1) is 0 Å². The average Bonchev–Trinajstić information content (AvgIpc) is 3.43. The van der Waals surface area contributed by atoms with Crippen molar-refractivity contribution in [2.75, 3.05) is 5.73 Å². The van der Waals surface area contributed by atoms with Crippen LogP contribution in [0.15, 0.2) is 35.4 Å². The van der Waals surface area contributed by atoms with Crippen LogP contribution in [0.2, 0.25) is 0 Å². The summed E-state index contributed by atoms with van der Waals surface area (Å²) in [4.78, 5) is 21.0. The minimum Gasteiger partial charge on any atom is -0.405 e. The Kier molecular flexibility index (Phi) is 6.36. The van der Waals surface area contributed by atoms with E-state index in [4.69, 9.17) is 21.3 Å². The Bertz CT molecular complexity index is 1270. The molecule has 0 spiro atoms. The number of hydrogen-bond donors (Lipinski definition) is 5. The van der Waals surface area contributed by atoms with Gasteiger partial charge in [0.1, 0.15) is 0 Å². The van der Waals surface area contributed by atoms with E-state index in [1.807, 2.05) is 0 Å². The number of amidine groups is 1. The van der Waals surface area contributed by atoms with E-state index >= 15 is 0 Å². The Balaban J connectivity index is 0. The van der Waals surface area contributed by atoms with Crippen LogP contribution in [0, 0.1) is 16.7 Å². The third-order valence-corrected chi connectivity index (χ3v) is 8.37. The van der Waals surface area contributed by atoms with Gasteiger partial charge in [-0.05, 0) is 51.2 Å². The molecule has 1 aliphatic heterocycles. The van der Waals surface area contributed by atoms with E-state index < -0.39 is 27.0 Å². The average molecular weight is 496 g/mol. The summed E-state index contributed by atoms with van der Waals surface area (Å²) in [6, 6.07) is 5.52. The van der Waals surface area contributed by atoms with E-state index in [0.29, 0.717) is 17.3 Å². The minimum absolute atomic E-state index is 0. The highest BCUT2D eigenvalue weighted by molar-refractivity contribution is 7.92. The number of nitrogens with one attached hydrogen (secondary N) is 4. The molecule has 1 amide bonds. The molecule has 2 fully saturated rings. The van der Waals surface area contributed by atoms with E-state index in [2.05, 4.69) is 20.6 Å². The first-order chi connectivity index (χ1) is 16.1. The third-order valence-electron chi connectivity index (χ3n) is 6.20. The van der Waals surface area contributed by atoms with Gasteiger partial charge in [0.15, 0.2) is 21.3 Å². The van der Waals surface area contributed by atoms with Crippen molar-refractivity contribution < 1.29 is 25.1 Å². The number of carbonyl (C=O) groups excluding carboxylic acids is 1. The Morgan fingerprint density at radius 1 is 1.26 bits per heavy atom. The molecule has 12 heteroatoms. The Labute approximate surface area is 204 Å². The molecular formula is C22H37N7O4S. The third kappa shape index (κ3) is 4.64. The zero-order valence-electron chi connectivity index (χ0n) is 18.8. The molecule has 3 atom stereocenters. The van der Waals surface area contributed by atoms with Crippen LogP contribution in [0.1, 0.15) is 45.9 Å². The number of hydrogen-bond acceptors (Lipinski definition) is 10. The summed E-state index contributed by atoms with van der Waals surface area (Å²) >= 11 is 0. The molecule has 11 nitrogen and oxygen atoms in total. The van der Waals surface area contributed by atoms with Crippen LogP contribution in [0.3, 0.4) is 0 Å². The predicted octanol–water partition coefficient (Wildman–Crippen LogP) is 2.67. The maximum atomic E-state index is 12.4. The molecule has 0 radical (unpaired) electrons. The first-order valence-electron chi connectivity index (χ1n) is 11.0. The Morgan fingerprint density at radius 2 is 1.97 bits per heavy atom. The lowest BCUT2D eigenvalue weighted by atomic mass is 9.99. The summed E-state index contributed by atoms with van der Waals surface area (Å²) in [6.45, 7) is 3.22. The van der Waals surface area contributed by atoms with Gasteiger partial charge in [0.25, 0.3) is 6.02 Å². The molecule has 1 saturated heterocycles. The number of piperidine rings is 1. The van der Waals surface area contributed by atoms with Gasteiger partial charge in [0, 0.05) is 18.7 Å². The molecular weight excluding hydrogens is 458 g/mol. The van der Waals surface area contributed by atoms with Gasteiger partial charge in [-0.3, -0.25) is 20.9 Å². The van der Waals surface area contributed by atoms with Gasteiger partial charge in [-0.1, -0.05) is 12.1 Å². The molecule has 1 aromatic carbocycles. The molecule has 1 unspecified atom stereocenters. The summed E-state index contributed by atoms with van der Waals surface area (Å²) in [5.74, 6) is -0.745. The summed E-state index contributed by atoms with van der Waals surface area (Å²) in [6.07, 6.45) is 4.37. The molecule has 2 bridgehead atoms. The van der Waals surface area contributed by atoms with Crippen molar-refractivity contribution in [2.24, 2.45) is 5.92 Å². The second-order valence-electron chi connectivity index (χ2n) is 8.77. The standard InChI is InChI=1S/C22H27N7O4S.5H2/c1-11(2)34(31,32)15-7-4-12(5-8-15)16-10-26-19(23)18(28-16)20(24)33-22(25)29-21(30)17-13-3-6-14(9-13)27-17;;;;;/h4-5,7-8,10-11,13-14,17,24,27H,3,6,9H2,1-2H3,(H2,23,26)(H2,25,29,30);5*1H/t13?,14-,17-;;;;;/m0...../s1. The fraction of sp³-hybridized carbons (Fsp3) is 0.409. The molecule has 190 valence electrons. The first kappa shape index (κ1) is 23.8. The number of sulfone groups is 1. The molecule has 2 heterocycles. The van der Waals surface area contributed by atoms with E-state index in [1.165, 1.54) is 18.3 Å².